The highest BCUT2D eigenvalue weighted by atomic mass is 16.5. The van der Waals surface area contributed by atoms with Crippen molar-refractivity contribution in [1.29, 1.82) is 0 Å². The zero-order chi connectivity index (χ0) is 12.1. The Morgan fingerprint density at radius 1 is 1.25 bits per heavy atom. The summed E-state index contributed by atoms with van der Waals surface area (Å²) in [4.78, 5) is 8.54. The Morgan fingerprint density at radius 2 is 1.94 bits per heavy atom. The van der Waals surface area contributed by atoms with Crippen LogP contribution in [0.4, 0.5) is 5.82 Å². The van der Waals surface area contributed by atoms with Crippen molar-refractivity contribution in [2.75, 3.05) is 11.9 Å². The molecular formula is C12H21N3O. The summed E-state index contributed by atoms with van der Waals surface area (Å²) in [7, 11) is 0. The Bertz CT molecular complexity index is 337. The van der Waals surface area contributed by atoms with Crippen LogP contribution in [0, 0.1) is 12.8 Å². The second-order valence-corrected chi connectivity index (χ2v) is 4.64. The number of nitrogens with one attached hydrogen (secondary N) is 1. The normalized spacial score (nSPS) is 10.9. The van der Waals surface area contributed by atoms with Gasteiger partial charge in [0.05, 0.1) is 6.61 Å². The summed E-state index contributed by atoms with van der Waals surface area (Å²) in [5.74, 6) is 2.69. The topological polar surface area (TPSA) is 47.0 Å². The summed E-state index contributed by atoms with van der Waals surface area (Å²) in [5.41, 5.74) is 0. The zero-order valence-corrected chi connectivity index (χ0v) is 10.7. The molecule has 1 heterocycles. The Morgan fingerprint density at radius 3 is 2.50 bits per heavy atom. The molecule has 0 bridgehead atoms. The molecule has 0 aliphatic carbocycles. The highest BCUT2D eigenvalue weighted by Crippen LogP contribution is 2.14. The van der Waals surface area contributed by atoms with E-state index in [-0.39, 0.29) is 0 Å². The molecule has 0 saturated heterocycles. The fourth-order valence-electron chi connectivity index (χ4n) is 1.24. The van der Waals surface area contributed by atoms with Crippen LogP contribution >= 0.6 is 0 Å². The predicted octanol–water partition coefficient (Wildman–Crippen LogP) is 2.64. The lowest BCUT2D eigenvalue weighted by atomic mass is 10.2. The molecule has 4 heteroatoms. The molecule has 1 aromatic rings. The number of aryl methyl sites for hydroxylation is 1. The Hall–Kier alpha value is -1.32. The molecule has 0 radical (unpaired) electrons. The molecule has 0 aromatic carbocycles. The Balaban J connectivity index is 2.73. The fraction of sp³-hybridized carbons (Fsp3) is 0.667. The van der Waals surface area contributed by atoms with Gasteiger partial charge in [0.15, 0.2) is 0 Å². The molecule has 0 aliphatic rings. The van der Waals surface area contributed by atoms with Gasteiger partial charge in [0.1, 0.15) is 11.6 Å². The van der Waals surface area contributed by atoms with Crippen molar-refractivity contribution in [3.8, 4) is 5.88 Å². The maximum Gasteiger partial charge on any atom is 0.218 e. The first-order valence-corrected chi connectivity index (χ1v) is 5.72. The average molecular weight is 223 g/mol. The van der Waals surface area contributed by atoms with Crippen molar-refractivity contribution >= 4 is 5.82 Å². The number of ether oxygens (including phenoxy) is 1. The third kappa shape index (κ3) is 4.47. The fourth-order valence-corrected chi connectivity index (χ4v) is 1.24. The largest absolute Gasteiger partial charge is 0.477 e. The lowest BCUT2D eigenvalue weighted by molar-refractivity contribution is 0.260. The van der Waals surface area contributed by atoms with Crippen LogP contribution in [0.3, 0.4) is 0 Å². The number of rotatable bonds is 5. The van der Waals surface area contributed by atoms with Crippen molar-refractivity contribution in [2.45, 2.75) is 40.7 Å². The van der Waals surface area contributed by atoms with E-state index in [9.17, 15) is 0 Å². The highest BCUT2D eigenvalue weighted by molar-refractivity contribution is 5.38. The van der Waals surface area contributed by atoms with Gasteiger partial charge in [-0.2, -0.15) is 4.98 Å². The van der Waals surface area contributed by atoms with E-state index in [1.807, 2.05) is 13.0 Å². The van der Waals surface area contributed by atoms with Gasteiger partial charge in [-0.1, -0.05) is 13.8 Å². The average Bonchev–Trinajstić information content (AvgIpc) is 2.12. The molecule has 0 aliphatic heterocycles. The van der Waals surface area contributed by atoms with Gasteiger partial charge in [-0.15, -0.1) is 0 Å². The van der Waals surface area contributed by atoms with Crippen LogP contribution in [0.1, 0.15) is 33.5 Å². The van der Waals surface area contributed by atoms with Gasteiger partial charge >= 0.3 is 0 Å². The minimum Gasteiger partial charge on any atom is -0.477 e. The van der Waals surface area contributed by atoms with Gasteiger partial charge in [0.25, 0.3) is 0 Å². The predicted molar refractivity (Wildman–Crippen MR) is 65.9 cm³/mol. The molecule has 0 saturated carbocycles. The number of anilines is 1. The van der Waals surface area contributed by atoms with E-state index in [0.717, 1.165) is 11.6 Å². The molecule has 0 amide bonds. The van der Waals surface area contributed by atoms with Gasteiger partial charge in [0, 0.05) is 12.1 Å². The van der Waals surface area contributed by atoms with E-state index in [2.05, 4.69) is 43.0 Å². The van der Waals surface area contributed by atoms with Gasteiger partial charge in [-0.3, -0.25) is 0 Å². The standard InChI is InChI=1S/C12H21N3O/c1-8(2)7-16-12-6-11(13-9(3)4)14-10(5)15-12/h6,8-9H,7H2,1-5H3,(H,13,14,15). The number of hydrogen-bond donors (Lipinski definition) is 1. The second kappa shape index (κ2) is 5.68. The molecule has 0 spiro atoms. The molecule has 1 aromatic heterocycles. The van der Waals surface area contributed by atoms with Crippen LogP contribution in [0.15, 0.2) is 6.07 Å². The number of hydrogen-bond acceptors (Lipinski definition) is 4. The van der Waals surface area contributed by atoms with E-state index in [1.165, 1.54) is 0 Å². The molecule has 1 N–H and O–H groups in total. The lowest BCUT2D eigenvalue weighted by Crippen LogP contribution is -2.13. The number of aromatic nitrogens is 2. The third-order valence-electron chi connectivity index (χ3n) is 1.82. The molecule has 0 atom stereocenters. The minimum absolute atomic E-state index is 0.354. The van der Waals surface area contributed by atoms with E-state index < -0.39 is 0 Å². The first-order chi connectivity index (χ1) is 7.47. The molecule has 0 unspecified atom stereocenters. The zero-order valence-electron chi connectivity index (χ0n) is 10.7. The van der Waals surface area contributed by atoms with E-state index in [4.69, 9.17) is 4.74 Å². The van der Waals surface area contributed by atoms with Crippen LogP contribution < -0.4 is 10.1 Å². The maximum absolute atomic E-state index is 5.58. The van der Waals surface area contributed by atoms with Gasteiger partial charge in [-0.05, 0) is 26.7 Å². The summed E-state index contributed by atoms with van der Waals surface area (Å²) in [6, 6.07) is 2.20. The van der Waals surface area contributed by atoms with E-state index in [1.54, 1.807) is 0 Å². The first kappa shape index (κ1) is 12.7. The van der Waals surface area contributed by atoms with Crippen LogP contribution in [-0.4, -0.2) is 22.6 Å². The molecular weight excluding hydrogens is 202 g/mol. The quantitative estimate of drug-likeness (QED) is 0.833. The molecule has 1 rings (SSSR count). The van der Waals surface area contributed by atoms with Crippen molar-refractivity contribution in [1.82, 2.24) is 9.97 Å². The summed E-state index contributed by atoms with van der Waals surface area (Å²) < 4.78 is 5.58. The first-order valence-electron chi connectivity index (χ1n) is 5.72. The molecule has 0 fully saturated rings. The van der Waals surface area contributed by atoms with Crippen LogP contribution in [0.2, 0.25) is 0 Å². The SMILES string of the molecule is Cc1nc(NC(C)C)cc(OCC(C)C)n1. The number of nitrogens with zero attached hydrogens (tertiary/aromatic N) is 2. The van der Waals surface area contributed by atoms with Gasteiger partial charge in [-0.25, -0.2) is 4.98 Å². The summed E-state index contributed by atoms with van der Waals surface area (Å²) in [6.45, 7) is 10.9. The highest BCUT2D eigenvalue weighted by Gasteiger charge is 2.04. The Labute approximate surface area is 97.5 Å². The van der Waals surface area contributed by atoms with Crippen molar-refractivity contribution in [2.24, 2.45) is 5.92 Å². The van der Waals surface area contributed by atoms with Crippen molar-refractivity contribution in [3.05, 3.63) is 11.9 Å². The second-order valence-electron chi connectivity index (χ2n) is 4.64. The molecule has 90 valence electrons. The van der Waals surface area contributed by atoms with Crippen molar-refractivity contribution in [3.63, 3.8) is 0 Å². The van der Waals surface area contributed by atoms with Gasteiger partial charge in [0.2, 0.25) is 5.88 Å². The van der Waals surface area contributed by atoms with Crippen molar-refractivity contribution < 1.29 is 4.74 Å². The molecule has 16 heavy (non-hydrogen) atoms. The monoisotopic (exact) mass is 223 g/mol. The summed E-state index contributed by atoms with van der Waals surface area (Å²) in [5, 5.41) is 3.24. The van der Waals surface area contributed by atoms with E-state index >= 15 is 0 Å². The van der Waals surface area contributed by atoms with Crippen LogP contribution in [0.25, 0.3) is 0 Å². The van der Waals surface area contributed by atoms with E-state index in [0.29, 0.717) is 24.4 Å². The lowest BCUT2D eigenvalue weighted by Gasteiger charge is -2.12. The van der Waals surface area contributed by atoms with Gasteiger partial charge < -0.3 is 10.1 Å². The summed E-state index contributed by atoms with van der Waals surface area (Å²) in [6.07, 6.45) is 0. The molecule has 4 nitrogen and oxygen atoms in total. The minimum atomic E-state index is 0.354. The summed E-state index contributed by atoms with van der Waals surface area (Å²) >= 11 is 0. The third-order valence-corrected chi connectivity index (χ3v) is 1.82. The maximum atomic E-state index is 5.58. The smallest absolute Gasteiger partial charge is 0.218 e. The Kier molecular flexibility index (Phi) is 4.52. The van der Waals surface area contributed by atoms with Crippen LogP contribution in [0.5, 0.6) is 5.88 Å². The van der Waals surface area contributed by atoms with Crippen LogP contribution in [-0.2, 0) is 0 Å².